The molecule has 0 spiro atoms. The molecular formula is C28H26ClNO6. The van der Waals surface area contributed by atoms with E-state index in [2.05, 4.69) is 0 Å². The summed E-state index contributed by atoms with van der Waals surface area (Å²) in [6.07, 6.45) is 0. The molecule has 0 bridgehead atoms. The number of carbonyl (C=O) groups excluding carboxylic acids is 2. The smallest absolute Gasteiger partial charge is 0.295 e. The van der Waals surface area contributed by atoms with Crippen molar-refractivity contribution in [2.45, 2.75) is 19.5 Å². The number of ether oxygens (including phenoxy) is 3. The molecule has 1 heterocycles. The molecule has 4 rings (SSSR count). The van der Waals surface area contributed by atoms with Crippen molar-refractivity contribution in [3.05, 3.63) is 94.0 Å². The second-order valence-electron chi connectivity index (χ2n) is 8.13. The van der Waals surface area contributed by atoms with E-state index in [0.29, 0.717) is 35.0 Å². The third-order valence-electron chi connectivity index (χ3n) is 5.96. The maximum Gasteiger partial charge on any atom is 0.295 e. The fourth-order valence-corrected chi connectivity index (χ4v) is 4.49. The van der Waals surface area contributed by atoms with Gasteiger partial charge < -0.3 is 24.2 Å². The first-order chi connectivity index (χ1) is 17.4. The molecule has 0 saturated carbocycles. The minimum absolute atomic E-state index is 0.0246. The summed E-state index contributed by atoms with van der Waals surface area (Å²) in [5, 5.41) is 11.6. The Balaban J connectivity index is 1.84. The maximum absolute atomic E-state index is 13.3. The Bertz CT molecular complexity index is 1320. The molecule has 3 aromatic rings. The number of nitrogens with zero attached hydrogens (tertiary/aromatic N) is 1. The van der Waals surface area contributed by atoms with E-state index in [9.17, 15) is 14.7 Å². The van der Waals surface area contributed by atoms with Gasteiger partial charge in [0.2, 0.25) is 0 Å². The lowest BCUT2D eigenvalue weighted by atomic mass is 9.95. The van der Waals surface area contributed by atoms with Gasteiger partial charge in [0.25, 0.3) is 11.7 Å². The number of benzene rings is 3. The molecule has 8 heteroatoms. The zero-order valence-electron chi connectivity index (χ0n) is 20.2. The lowest BCUT2D eigenvalue weighted by molar-refractivity contribution is -0.140. The number of halogens is 1. The predicted octanol–water partition coefficient (Wildman–Crippen LogP) is 5.38. The number of amides is 1. The highest BCUT2D eigenvalue weighted by atomic mass is 35.5. The van der Waals surface area contributed by atoms with Crippen LogP contribution in [0.2, 0.25) is 5.02 Å². The highest BCUT2D eigenvalue weighted by Gasteiger charge is 2.46. The average molecular weight is 508 g/mol. The van der Waals surface area contributed by atoms with Crippen LogP contribution >= 0.6 is 11.6 Å². The number of carbonyl (C=O) groups is 2. The largest absolute Gasteiger partial charge is 0.507 e. The molecule has 1 aliphatic heterocycles. The summed E-state index contributed by atoms with van der Waals surface area (Å²) in [5.74, 6) is -0.106. The number of methoxy groups -OCH3 is 2. The first kappa shape index (κ1) is 25.1. The second-order valence-corrected chi connectivity index (χ2v) is 8.54. The summed E-state index contributed by atoms with van der Waals surface area (Å²) in [5.41, 5.74) is 1.71. The van der Waals surface area contributed by atoms with Crippen LogP contribution in [0.1, 0.15) is 29.7 Å². The Labute approximate surface area is 214 Å². The molecule has 1 amide bonds. The minimum atomic E-state index is -0.839. The molecule has 3 aromatic carbocycles. The summed E-state index contributed by atoms with van der Waals surface area (Å²) in [7, 11) is 3.06. The van der Waals surface area contributed by atoms with E-state index in [1.54, 1.807) is 55.6 Å². The van der Waals surface area contributed by atoms with E-state index >= 15 is 0 Å². The Kier molecular flexibility index (Phi) is 7.50. The SMILES string of the molecule is CCOc1cccc(C2/C(=C(\O)c3ccc(OC)c(Cl)c3)C(=O)C(=O)N2Cc2ccc(OC)cc2)c1. The fraction of sp³-hybridized carbons (Fsp3) is 0.214. The molecule has 7 nitrogen and oxygen atoms in total. The quantitative estimate of drug-likeness (QED) is 0.250. The third kappa shape index (κ3) is 4.88. The van der Waals surface area contributed by atoms with E-state index in [-0.39, 0.29) is 22.9 Å². The maximum atomic E-state index is 13.3. The molecule has 1 N–H and O–H groups in total. The highest BCUT2D eigenvalue weighted by molar-refractivity contribution is 6.46. The zero-order chi connectivity index (χ0) is 25.8. The van der Waals surface area contributed by atoms with Crippen molar-refractivity contribution in [3.63, 3.8) is 0 Å². The van der Waals surface area contributed by atoms with Gasteiger partial charge >= 0.3 is 0 Å². The second kappa shape index (κ2) is 10.7. The molecule has 36 heavy (non-hydrogen) atoms. The normalized spacial score (nSPS) is 16.8. The molecule has 1 fully saturated rings. The highest BCUT2D eigenvalue weighted by Crippen LogP contribution is 2.42. The van der Waals surface area contributed by atoms with Gasteiger partial charge in [0.05, 0.1) is 37.5 Å². The standard InChI is InChI=1S/C28H26ClNO6/c1-4-36-21-7-5-6-18(14-21)25-24(26(31)19-10-13-23(35-3)22(29)15-19)27(32)28(33)30(25)16-17-8-11-20(34-2)12-9-17/h5-15,25,31H,4,16H2,1-3H3/b26-24+. The van der Waals surface area contributed by atoms with Gasteiger partial charge in [-0.2, -0.15) is 0 Å². The summed E-state index contributed by atoms with van der Waals surface area (Å²) < 4.78 is 16.1. The molecular weight excluding hydrogens is 482 g/mol. The number of hydrogen-bond acceptors (Lipinski definition) is 6. The van der Waals surface area contributed by atoms with Crippen molar-refractivity contribution in [1.82, 2.24) is 4.90 Å². The van der Waals surface area contributed by atoms with Crippen LogP contribution in [0.25, 0.3) is 5.76 Å². The number of likely N-dealkylation sites (tertiary alicyclic amines) is 1. The molecule has 0 aromatic heterocycles. The van der Waals surface area contributed by atoms with Gasteiger partial charge in [0.1, 0.15) is 23.0 Å². The van der Waals surface area contributed by atoms with Crippen molar-refractivity contribution in [3.8, 4) is 17.2 Å². The first-order valence-corrected chi connectivity index (χ1v) is 11.7. The summed E-state index contributed by atoms with van der Waals surface area (Å²) in [6.45, 7) is 2.48. The monoisotopic (exact) mass is 507 g/mol. The Morgan fingerprint density at radius 3 is 2.36 bits per heavy atom. The molecule has 1 saturated heterocycles. The molecule has 1 unspecified atom stereocenters. The van der Waals surface area contributed by atoms with E-state index in [1.165, 1.54) is 18.1 Å². The first-order valence-electron chi connectivity index (χ1n) is 11.4. The summed E-state index contributed by atoms with van der Waals surface area (Å²) >= 11 is 6.27. The van der Waals surface area contributed by atoms with Crippen LogP contribution in [0.15, 0.2) is 72.3 Å². The van der Waals surface area contributed by atoms with Crippen LogP contribution < -0.4 is 14.2 Å². The summed E-state index contributed by atoms with van der Waals surface area (Å²) in [4.78, 5) is 28.0. The number of aliphatic hydroxyl groups is 1. The number of ketones is 1. The van der Waals surface area contributed by atoms with Crippen LogP contribution in [0, 0.1) is 0 Å². The van der Waals surface area contributed by atoms with Crippen molar-refractivity contribution in [1.29, 1.82) is 0 Å². The van der Waals surface area contributed by atoms with Gasteiger partial charge in [-0.3, -0.25) is 9.59 Å². The van der Waals surface area contributed by atoms with Crippen LogP contribution in [0.5, 0.6) is 17.2 Å². The number of hydrogen-bond donors (Lipinski definition) is 1. The van der Waals surface area contributed by atoms with Gasteiger partial charge in [0, 0.05) is 12.1 Å². The average Bonchev–Trinajstić information content (AvgIpc) is 3.14. The van der Waals surface area contributed by atoms with Gasteiger partial charge in [0.15, 0.2) is 0 Å². The van der Waals surface area contributed by atoms with Crippen molar-refractivity contribution < 1.29 is 28.9 Å². The van der Waals surface area contributed by atoms with Gasteiger partial charge in [-0.15, -0.1) is 0 Å². The lowest BCUT2D eigenvalue weighted by Crippen LogP contribution is -2.29. The van der Waals surface area contributed by atoms with Gasteiger partial charge in [-0.25, -0.2) is 0 Å². The Morgan fingerprint density at radius 1 is 0.972 bits per heavy atom. The van der Waals surface area contributed by atoms with Crippen LogP contribution in [-0.4, -0.2) is 42.5 Å². The lowest BCUT2D eigenvalue weighted by Gasteiger charge is -2.26. The number of aliphatic hydroxyl groups excluding tert-OH is 1. The molecule has 0 radical (unpaired) electrons. The van der Waals surface area contributed by atoms with E-state index in [4.69, 9.17) is 25.8 Å². The van der Waals surface area contributed by atoms with Gasteiger partial charge in [-0.05, 0) is 60.5 Å². The third-order valence-corrected chi connectivity index (χ3v) is 6.26. The van der Waals surface area contributed by atoms with E-state index < -0.39 is 17.7 Å². The number of Topliss-reactive ketones (excluding diaryl/α,β-unsaturated/α-hetero) is 1. The fourth-order valence-electron chi connectivity index (χ4n) is 4.23. The minimum Gasteiger partial charge on any atom is -0.507 e. The van der Waals surface area contributed by atoms with Crippen molar-refractivity contribution in [2.75, 3.05) is 20.8 Å². The predicted molar refractivity (Wildman–Crippen MR) is 136 cm³/mol. The van der Waals surface area contributed by atoms with Crippen molar-refractivity contribution in [2.24, 2.45) is 0 Å². The molecule has 1 aliphatic rings. The topological polar surface area (TPSA) is 85.3 Å². The summed E-state index contributed by atoms with van der Waals surface area (Å²) in [6, 6.07) is 18.2. The van der Waals surface area contributed by atoms with E-state index in [1.807, 2.05) is 19.1 Å². The molecule has 0 aliphatic carbocycles. The van der Waals surface area contributed by atoms with E-state index in [0.717, 1.165) is 5.56 Å². The van der Waals surface area contributed by atoms with Crippen LogP contribution in [-0.2, 0) is 16.1 Å². The van der Waals surface area contributed by atoms with Gasteiger partial charge in [-0.1, -0.05) is 35.9 Å². The van der Waals surface area contributed by atoms with Crippen LogP contribution in [0.3, 0.4) is 0 Å². The molecule has 1 atom stereocenters. The zero-order valence-corrected chi connectivity index (χ0v) is 20.9. The van der Waals surface area contributed by atoms with Crippen LogP contribution in [0.4, 0.5) is 0 Å². The Morgan fingerprint density at radius 2 is 1.72 bits per heavy atom. The Hall–Kier alpha value is -3.97. The van der Waals surface area contributed by atoms with Crippen molar-refractivity contribution >= 4 is 29.1 Å². The molecule has 186 valence electrons. The number of rotatable bonds is 8.